The van der Waals surface area contributed by atoms with Gasteiger partial charge in [-0.2, -0.15) is 0 Å². The highest BCUT2D eigenvalue weighted by Gasteiger charge is 2.59. The Morgan fingerprint density at radius 1 is 1.09 bits per heavy atom. The summed E-state index contributed by atoms with van der Waals surface area (Å²) in [5.74, 6) is 5.41. The second-order valence-electron chi connectivity index (χ2n) is 13.0. The number of carbonyl (C=O) groups is 1. The lowest BCUT2D eigenvalue weighted by Crippen LogP contribution is -2.51. The first kappa shape index (κ1) is 25.1. The highest BCUT2D eigenvalue weighted by Crippen LogP contribution is 2.67. The average Bonchev–Trinajstić information content (AvgIpc) is 3.11. The monoisotopic (exact) mass is 454 g/mol. The molecule has 0 bridgehead atoms. The number of esters is 1. The second-order valence-corrected chi connectivity index (χ2v) is 13.0. The van der Waals surface area contributed by atoms with Crippen LogP contribution >= 0.6 is 0 Å². The molecule has 4 aliphatic carbocycles. The first-order valence-corrected chi connectivity index (χ1v) is 14.1. The van der Waals surface area contributed by atoms with Crippen molar-refractivity contribution in [1.82, 2.24) is 0 Å². The smallest absolute Gasteiger partial charge is 0.302 e. The molecule has 2 heteroatoms. The van der Waals surface area contributed by atoms with Crippen molar-refractivity contribution < 1.29 is 9.53 Å². The van der Waals surface area contributed by atoms with Crippen molar-refractivity contribution in [2.24, 2.45) is 52.3 Å². The van der Waals surface area contributed by atoms with Crippen LogP contribution in [0.2, 0.25) is 0 Å². The minimum absolute atomic E-state index is 0.105. The van der Waals surface area contributed by atoms with E-state index in [1.165, 1.54) is 44.9 Å². The Kier molecular flexibility index (Phi) is 7.24. The van der Waals surface area contributed by atoms with E-state index in [1.54, 1.807) is 12.5 Å². The Hall–Kier alpha value is -1.05. The number of hydrogen-bond acceptors (Lipinski definition) is 2. The molecule has 0 N–H and O–H groups in total. The molecule has 9 atom stereocenters. The van der Waals surface area contributed by atoms with Crippen LogP contribution in [-0.2, 0) is 9.53 Å². The maximum Gasteiger partial charge on any atom is 0.302 e. The molecule has 0 saturated heterocycles. The van der Waals surface area contributed by atoms with Gasteiger partial charge < -0.3 is 4.74 Å². The lowest BCUT2D eigenvalue weighted by atomic mass is 9.47. The van der Waals surface area contributed by atoms with Crippen molar-refractivity contribution in [1.29, 1.82) is 0 Å². The van der Waals surface area contributed by atoms with Crippen LogP contribution in [-0.4, -0.2) is 12.1 Å². The van der Waals surface area contributed by atoms with E-state index in [0.29, 0.717) is 16.7 Å². The molecule has 186 valence electrons. The Bertz CT molecular complexity index is 778. The predicted octanol–water partition coefficient (Wildman–Crippen LogP) is 8.37. The van der Waals surface area contributed by atoms with Crippen molar-refractivity contribution in [3.8, 4) is 0 Å². The molecule has 0 spiro atoms. The zero-order valence-corrected chi connectivity index (χ0v) is 22.5. The van der Waals surface area contributed by atoms with Crippen LogP contribution in [0.1, 0.15) is 106 Å². The van der Waals surface area contributed by atoms with Gasteiger partial charge in [0.2, 0.25) is 0 Å². The molecule has 4 rings (SSSR count). The normalized spacial score (nSPS) is 42.3. The van der Waals surface area contributed by atoms with E-state index in [-0.39, 0.29) is 12.1 Å². The van der Waals surface area contributed by atoms with Crippen molar-refractivity contribution in [2.45, 2.75) is 112 Å². The van der Waals surface area contributed by atoms with Gasteiger partial charge >= 0.3 is 5.97 Å². The number of fused-ring (bicyclic) bond motifs is 5. The van der Waals surface area contributed by atoms with Crippen molar-refractivity contribution in [3.63, 3.8) is 0 Å². The summed E-state index contributed by atoms with van der Waals surface area (Å²) in [6.07, 6.45) is 19.2. The van der Waals surface area contributed by atoms with E-state index in [1.807, 2.05) is 0 Å². The fraction of sp³-hybridized carbons (Fsp3) is 0.839. The Balaban J connectivity index is 1.49. The molecular formula is C31H50O2. The number of hydrogen-bond donors (Lipinski definition) is 0. The molecular weight excluding hydrogens is 404 g/mol. The maximum atomic E-state index is 11.5. The van der Waals surface area contributed by atoms with Crippen LogP contribution in [0.3, 0.4) is 0 Å². The van der Waals surface area contributed by atoms with E-state index in [9.17, 15) is 4.79 Å². The summed E-state index contributed by atoms with van der Waals surface area (Å²) in [7, 11) is 0. The predicted molar refractivity (Wildman–Crippen MR) is 138 cm³/mol. The van der Waals surface area contributed by atoms with E-state index < -0.39 is 0 Å². The largest absolute Gasteiger partial charge is 0.462 e. The molecule has 3 saturated carbocycles. The van der Waals surface area contributed by atoms with Crippen LogP contribution in [0.25, 0.3) is 0 Å². The second kappa shape index (κ2) is 9.54. The summed E-state index contributed by atoms with van der Waals surface area (Å²) in [5.41, 5.74) is 2.44. The van der Waals surface area contributed by atoms with Gasteiger partial charge in [-0.25, -0.2) is 0 Å². The number of rotatable bonds is 6. The fourth-order valence-electron chi connectivity index (χ4n) is 9.15. The molecule has 0 aromatic rings. The number of allylic oxidation sites excluding steroid dienone is 3. The molecule has 2 nitrogen and oxygen atoms in total. The molecule has 0 radical (unpaired) electrons. The van der Waals surface area contributed by atoms with Crippen LogP contribution in [0.15, 0.2) is 23.8 Å². The quantitative estimate of drug-likeness (QED) is 0.297. The number of carbonyl (C=O) groups excluding carboxylic acids is 1. The summed E-state index contributed by atoms with van der Waals surface area (Å²) < 4.78 is 5.62. The van der Waals surface area contributed by atoms with Gasteiger partial charge in [0.05, 0.1) is 0 Å². The third kappa shape index (κ3) is 4.50. The fourth-order valence-corrected chi connectivity index (χ4v) is 9.15. The van der Waals surface area contributed by atoms with Crippen molar-refractivity contribution in [3.05, 3.63) is 23.8 Å². The standard InChI is InChI=1S/C31H50O2/c1-8-23(20(2)3)10-9-21(4)27-13-14-28-26-12-11-24-19-25(33-22(5)32)15-17-30(24,6)29(26)16-18-31(27,28)7/h9-11,20-21,23,25-29H,8,12-19H2,1-7H3/b10-9+/t21-,23+,25+,26+,27-,28+,29+,30+,31-/m1/s1. The van der Waals surface area contributed by atoms with Gasteiger partial charge in [-0.15, -0.1) is 0 Å². The summed E-state index contributed by atoms with van der Waals surface area (Å²) in [4.78, 5) is 11.5. The molecule has 0 aromatic carbocycles. The van der Waals surface area contributed by atoms with E-state index in [2.05, 4.69) is 59.8 Å². The molecule has 0 unspecified atom stereocenters. The molecule has 0 aliphatic heterocycles. The minimum Gasteiger partial charge on any atom is -0.462 e. The average molecular weight is 455 g/mol. The molecule has 0 aromatic heterocycles. The first-order chi connectivity index (χ1) is 15.6. The zero-order valence-electron chi connectivity index (χ0n) is 22.5. The maximum absolute atomic E-state index is 11.5. The van der Waals surface area contributed by atoms with E-state index in [0.717, 1.165) is 48.3 Å². The van der Waals surface area contributed by atoms with Crippen LogP contribution in [0, 0.1) is 52.3 Å². The van der Waals surface area contributed by atoms with Gasteiger partial charge in [-0.05, 0) is 104 Å². The Morgan fingerprint density at radius 2 is 1.85 bits per heavy atom. The summed E-state index contributed by atoms with van der Waals surface area (Å²) in [5, 5.41) is 0. The Labute approximate surface area is 204 Å². The molecule has 0 heterocycles. The third-order valence-electron chi connectivity index (χ3n) is 11.1. The van der Waals surface area contributed by atoms with Gasteiger partial charge in [0.15, 0.2) is 0 Å². The van der Waals surface area contributed by atoms with E-state index in [4.69, 9.17) is 4.74 Å². The topological polar surface area (TPSA) is 26.3 Å². The first-order valence-electron chi connectivity index (χ1n) is 14.1. The summed E-state index contributed by atoms with van der Waals surface area (Å²) >= 11 is 0. The zero-order chi connectivity index (χ0) is 24.0. The number of ether oxygens (including phenoxy) is 1. The lowest BCUT2D eigenvalue weighted by Gasteiger charge is -2.58. The molecule has 0 amide bonds. The molecule has 3 fully saturated rings. The van der Waals surface area contributed by atoms with E-state index >= 15 is 0 Å². The van der Waals surface area contributed by atoms with Gasteiger partial charge in [-0.3, -0.25) is 4.79 Å². The van der Waals surface area contributed by atoms with Crippen LogP contribution < -0.4 is 0 Å². The summed E-state index contributed by atoms with van der Waals surface area (Å²) in [6, 6.07) is 0. The molecule has 4 aliphatic rings. The SMILES string of the molecule is CC[C@@H](/C=C/[C@@H](C)[C@H]1CC[C@H]2[C@@H]3CC=C4C[C@@H](OC(C)=O)CC[C@]4(C)[C@H]3CC[C@]12C)C(C)C. The Morgan fingerprint density at radius 3 is 2.52 bits per heavy atom. The summed E-state index contributed by atoms with van der Waals surface area (Å²) in [6.45, 7) is 16.3. The highest BCUT2D eigenvalue weighted by atomic mass is 16.5. The van der Waals surface area contributed by atoms with Gasteiger partial charge in [-0.1, -0.05) is 65.3 Å². The van der Waals surface area contributed by atoms with Crippen molar-refractivity contribution >= 4 is 5.97 Å². The minimum atomic E-state index is -0.120. The third-order valence-corrected chi connectivity index (χ3v) is 11.1. The molecule has 33 heavy (non-hydrogen) atoms. The highest BCUT2D eigenvalue weighted by molar-refractivity contribution is 5.66. The lowest BCUT2D eigenvalue weighted by molar-refractivity contribution is -0.148. The van der Waals surface area contributed by atoms with Gasteiger partial charge in [0.25, 0.3) is 0 Å². The van der Waals surface area contributed by atoms with Gasteiger partial charge in [0.1, 0.15) is 6.10 Å². The van der Waals surface area contributed by atoms with Crippen LogP contribution in [0.4, 0.5) is 0 Å². The van der Waals surface area contributed by atoms with Gasteiger partial charge in [0, 0.05) is 13.3 Å². The van der Waals surface area contributed by atoms with Crippen molar-refractivity contribution in [2.75, 3.05) is 0 Å². The van der Waals surface area contributed by atoms with Crippen LogP contribution in [0.5, 0.6) is 0 Å².